The van der Waals surface area contributed by atoms with E-state index in [0.717, 1.165) is 57.3 Å². The third-order valence-corrected chi connectivity index (χ3v) is 5.98. The molecule has 1 aliphatic heterocycles. The van der Waals surface area contributed by atoms with E-state index in [9.17, 15) is 4.79 Å². The molecule has 1 fully saturated rings. The van der Waals surface area contributed by atoms with Crippen LogP contribution >= 0.6 is 0 Å². The smallest absolute Gasteiger partial charge is 0.289 e. The number of rotatable bonds is 6. The molecule has 0 bridgehead atoms. The largest absolute Gasteiger partial charge is 0.493 e. The van der Waals surface area contributed by atoms with Crippen LogP contribution in [0.1, 0.15) is 61.4 Å². The summed E-state index contributed by atoms with van der Waals surface area (Å²) < 4.78 is 19.0. The van der Waals surface area contributed by atoms with E-state index in [1.54, 1.807) is 14.2 Å². The number of fused-ring (bicyclic) bond motifs is 1. The van der Waals surface area contributed by atoms with E-state index in [4.69, 9.17) is 14.2 Å². The quantitative estimate of drug-likeness (QED) is 0.781. The van der Waals surface area contributed by atoms with Crippen LogP contribution in [0.15, 0.2) is 18.2 Å². The second kappa shape index (κ2) is 9.36. The van der Waals surface area contributed by atoms with Gasteiger partial charge in [0, 0.05) is 19.0 Å². The van der Waals surface area contributed by atoms with Crippen LogP contribution in [0, 0.1) is 0 Å². The third-order valence-electron chi connectivity index (χ3n) is 5.98. The van der Waals surface area contributed by atoms with Crippen molar-refractivity contribution in [2.75, 3.05) is 14.2 Å². The summed E-state index contributed by atoms with van der Waals surface area (Å²) in [6.45, 7) is 0.827. The minimum atomic E-state index is -0.116. The van der Waals surface area contributed by atoms with Crippen LogP contribution < -0.4 is 19.5 Å². The highest BCUT2D eigenvalue weighted by molar-refractivity contribution is 5.90. The summed E-state index contributed by atoms with van der Waals surface area (Å²) >= 11 is 0. The first-order valence-corrected chi connectivity index (χ1v) is 10.8. The van der Waals surface area contributed by atoms with E-state index in [1.165, 1.54) is 6.42 Å². The Morgan fingerprint density at radius 3 is 2.60 bits per heavy atom. The first-order valence-electron chi connectivity index (χ1n) is 10.8. The van der Waals surface area contributed by atoms with Gasteiger partial charge in [-0.1, -0.05) is 12.5 Å². The maximum absolute atomic E-state index is 12.8. The molecule has 0 unspecified atom stereocenters. The summed E-state index contributed by atoms with van der Waals surface area (Å²) in [6, 6.07) is 5.77. The van der Waals surface area contributed by atoms with E-state index in [2.05, 4.69) is 15.5 Å². The number of para-hydroxylation sites is 1. The molecule has 2 aromatic rings. The predicted octanol–water partition coefficient (Wildman–Crippen LogP) is 3.14. The van der Waals surface area contributed by atoms with Crippen molar-refractivity contribution >= 4 is 5.91 Å². The lowest BCUT2D eigenvalue weighted by Gasteiger charge is -2.30. The van der Waals surface area contributed by atoms with E-state index in [1.807, 2.05) is 22.8 Å². The first kappa shape index (κ1) is 20.5. The average Bonchev–Trinajstić information content (AvgIpc) is 3.03. The van der Waals surface area contributed by atoms with E-state index in [-0.39, 0.29) is 18.1 Å². The van der Waals surface area contributed by atoms with Crippen molar-refractivity contribution in [2.45, 2.75) is 70.1 Å². The lowest BCUT2D eigenvalue weighted by molar-refractivity contribution is 0.0876. The number of hydrogen-bond acceptors (Lipinski definition) is 6. The Kier molecular flexibility index (Phi) is 6.40. The maximum atomic E-state index is 12.8. The molecule has 1 amide bonds. The number of benzene rings is 1. The summed E-state index contributed by atoms with van der Waals surface area (Å²) in [5.74, 6) is 3.23. The highest BCUT2D eigenvalue weighted by Crippen LogP contribution is 2.38. The van der Waals surface area contributed by atoms with Crippen molar-refractivity contribution in [2.24, 2.45) is 0 Å². The Labute approximate surface area is 176 Å². The molecule has 1 aromatic heterocycles. The number of methoxy groups -OCH3 is 2. The molecule has 1 N–H and O–H groups in total. The molecule has 1 aliphatic carbocycles. The van der Waals surface area contributed by atoms with Gasteiger partial charge in [-0.3, -0.25) is 4.79 Å². The number of aryl methyl sites for hydroxylation is 1. The molecule has 0 radical (unpaired) electrons. The number of amides is 1. The second-order valence-electron chi connectivity index (χ2n) is 7.96. The van der Waals surface area contributed by atoms with Gasteiger partial charge in [0.05, 0.1) is 20.3 Å². The Balaban J connectivity index is 1.32. The Morgan fingerprint density at radius 1 is 1.03 bits per heavy atom. The summed E-state index contributed by atoms with van der Waals surface area (Å²) in [5.41, 5.74) is 0. The van der Waals surface area contributed by atoms with E-state index in [0.29, 0.717) is 23.1 Å². The standard InChI is InChI=1S/C22H30N4O4/c1-28-17-7-6-8-18(20(17)29-2)30-16-12-10-15(11-13-16)23-22(27)21-25-24-19-9-4-3-5-14-26(19)21/h6-8,15-16H,3-5,9-14H2,1-2H3,(H,23,27). The fraction of sp³-hybridized carbons (Fsp3) is 0.591. The third kappa shape index (κ3) is 4.37. The van der Waals surface area contributed by atoms with Gasteiger partial charge in [-0.15, -0.1) is 10.2 Å². The predicted molar refractivity (Wildman–Crippen MR) is 111 cm³/mol. The Bertz CT molecular complexity index is 874. The average molecular weight is 415 g/mol. The SMILES string of the molecule is COc1cccc(OC2CCC(NC(=O)c3nnc4n3CCCCC4)CC2)c1OC. The van der Waals surface area contributed by atoms with Crippen molar-refractivity contribution in [3.8, 4) is 17.2 Å². The summed E-state index contributed by atoms with van der Waals surface area (Å²) in [7, 11) is 3.23. The fourth-order valence-electron chi connectivity index (χ4n) is 4.36. The minimum Gasteiger partial charge on any atom is -0.493 e. The van der Waals surface area contributed by atoms with E-state index < -0.39 is 0 Å². The molecular weight excluding hydrogens is 384 g/mol. The first-order chi connectivity index (χ1) is 14.7. The molecule has 1 saturated carbocycles. The molecule has 0 atom stereocenters. The van der Waals surface area contributed by atoms with Crippen molar-refractivity contribution in [1.29, 1.82) is 0 Å². The van der Waals surface area contributed by atoms with Crippen LogP contribution in [0.25, 0.3) is 0 Å². The van der Waals surface area contributed by atoms with Crippen LogP contribution in [-0.4, -0.2) is 47.0 Å². The molecule has 2 aliphatic rings. The Morgan fingerprint density at radius 2 is 1.83 bits per heavy atom. The molecule has 2 heterocycles. The van der Waals surface area contributed by atoms with Crippen LogP contribution in [0.5, 0.6) is 17.2 Å². The zero-order chi connectivity index (χ0) is 20.9. The second-order valence-corrected chi connectivity index (χ2v) is 7.96. The van der Waals surface area contributed by atoms with Gasteiger partial charge in [-0.05, 0) is 50.7 Å². The number of nitrogens with one attached hydrogen (secondary N) is 1. The van der Waals surface area contributed by atoms with Gasteiger partial charge in [-0.2, -0.15) is 0 Å². The van der Waals surface area contributed by atoms with Gasteiger partial charge in [-0.25, -0.2) is 0 Å². The molecule has 8 nitrogen and oxygen atoms in total. The molecule has 30 heavy (non-hydrogen) atoms. The molecule has 0 saturated heterocycles. The van der Waals surface area contributed by atoms with Gasteiger partial charge >= 0.3 is 0 Å². The van der Waals surface area contributed by atoms with Gasteiger partial charge < -0.3 is 24.1 Å². The van der Waals surface area contributed by atoms with Gasteiger partial charge in [0.25, 0.3) is 5.91 Å². The van der Waals surface area contributed by atoms with Crippen LogP contribution in [0.2, 0.25) is 0 Å². The monoisotopic (exact) mass is 414 g/mol. The van der Waals surface area contributed by atoms with Gasteiger partial charge in [0.15, 0.2) is 11.5 Å². The van der Waals surface area contributed by atoms with Gasteiger partial charge in [0.1, 0.15) is 5.82 Å². The lowest BCUT2D eigenvalue weighted by Crippen LogP contribution is -2.40. The molecule has 0 spiro atoms. The van der Waals surface area contributed by atoms with Crippen LogP contribution in [-0.2, 0) is 13.0 Å². The van der Waals surface area contributed by atoms with Crippen molar-refractivity contribution in [3.05, 3.63) is 29.8 Å². The molecular formula is C22H30N4O4. The highest BCUT2D eigenvalue weighted by atomic mass is 16.5. The Hall–Kier alpha value is -2.77. The van der Waals surface area contributed by atoms with Crippen molar-refractivity contribution in [1.82, 2.24) is 20.1 Å². The number of carbonyl (C=O) groups is 1. The number of aromatic nitrogens is 3. The number of nitrogens with zero attached hydrogens (tertiary/aromatic N) is 3. The van der Waals surface area contributed by atoms with Gasteiger partial charge in [0.2, 0.25) is 11.6 Å². The highest BCUT2D eigenvalue weighted by Gasteiger charge is 2.27. The zero-order valence-electron chi connectivity index (χ0n) is 17.7. The summed E-state index contributed by atoms with van der Waals surface area (Å²) in [4.78, 5) is 12.8. The molecule has 1 aromatic carbocycles. The number of carbonyl (C=O) groups excluding carboxylic acids is 1. The molecule has 4 rings (SSSR count). The van der Waals surface area contributed by atoms with Crippen molar-refractivity contribution in [3.63, 3.8) is 0 Å². The number of ether oxygens (including phenoxy) is 3. The minimum absolute atomic E-state index is 0.0866. The number of hydrogen-bond donors (Lipinski definition) is 1. The topological polar surface area (TPSA) is 87.5 Å². The zero-order valence-corrected chi connectivity index (χ0v) is 17.7. The molecule has 8 heteroatoms. The fourth-order valence-corrected chi connectivity index (χ4v) is 4.36. The van der Waals surface area contributed by atoms with Crippen molar-refractivity contribution < 1.29 is 19.0 Å². The summed E-state index contributed by atoms with van der Waals surface area (Å²) in [5, 5.41) is 11.5. The molecule has 162 valence electrons. The van der Waals surface area contributed by atoms with Crippen LogP contribution in [0.3, 0.4) is 0 Å². The van der Waals surface area contributed by atoms with E-state index >= 15 is 0 Å². The summed E-state index contributed by atoms with van der Waals surface area (Å²) in [6.07, 6.45) is 7.80. The normalized spacial score (nSPS) is 21.3. The lowest BCUT2D eigenvalue weighted by atomic mass is 9.93. The maximum Gasteiger partial charge on any atom is 0.289 e. The van der Waals surface area contributed by atoms with Crippen LogP contribution in [0.4, 0.5) is 0 Å².